The van der Waals surface area contributed by atoms with Crippen LogP contribution in [-0.4, -0.2) is 4.98 Å². The summed E-state index contributed by atoms with van der Waals surface area (Å²) in [7, 11) is 0. The fraction of sp³-hybridized carbons (Fsp3) is 0.250. The van der Waals surface area contributed by atoms with Crippen molar-refractivity contribution in [3.63, 3.8) is 0 Å². The van der Waals surface area contributed by atoms with Crippen molar-refractivity contribution in [1.29, 1.82) is 0 Å². The Kier molecular flexibility index (Phi) is 3.28. The molecule has 0 aliphatic heterocycles. The predicted molar refractivity (Wildman–Crippen MR) is 69.1 cm³/mol. The highest BCUT2D eigenvalue weighted by Gasteiger charge is 2.12. The lowest BCUT2D eigenvalue weighted by Gasteiger charge is -2.10. The fourth-order valence-corrected chi connectivity index (χ4v) is 2.49. The van der Waals surface area contributed by atoms with Crippen LogP contribution < -0.4 is 5.73 Å². The summed E-state index contributed by atoms with van der Waals surface area (Å²) in [6, 6.07) is 5.80. The Morgan fingerprint density at radius 1 is 1.38 bits per heavy atom. The summed E-state index contributed by atoms with van der Waals surface area (Å²) in [5.74, 6) is 0. The highest BCUT2D eigenvalue weighted by Crippen LogP contribution is 2.27. The molecule has 0 radical (unpaired) electrons. The summed E-state index contributed by atoms with van der Waals surface area (Å²) in [4.78, 5) is 5.28. The minimum Gasteiger partial charge on any atom is -0.320 e. The van der Waals surface area contributed by atoms with Gasteiger partial charge in [-0.1, -0.05) is 23.7 Å². The van der Waals surface area contributed by atoms with Gasteiger partial charge in [-0.15, -0.1) is 11.3 Å². The fourth-order valence-electron chi connectivity index (χ4n) is 1.49. The molecule has 0 saturated heterocycles. The van der Waals surface area contributed by atoms with E-state index in [1.165, 1.54) is 0 Å². The second-order valence-electron chi connectivity index (χ2n) is 3.77. The topological polar surface area (TPSA) is 38.9 Å². The van der Waals surface area contributed by atoms with Crippen molar-refractivity contribution < 1.29 is 0 Å². The average molecular weight is 253 g/mol. The van der Waals surface area contributed by atoms with Gasteiger partial charge in [0, 0.05) is 16.1 Å². The van der Waals surface area contributed by atoms with Gasteiger partial charge in [-0.25, -0.2) is 4.98 Å². The van der Waals surface area contributed by atoms with Crippen molar-refractivity contribution in [1.82, 2.24) is 4.98 Å². The summed E-state index contributed by atoms with van der Waals surface area (Å²) in [5.41, 5.74) is 8.26. The average Bonchev–Trinajstić information content (AvgIpc) is 2.68. The lowest BCUT2D eigenvalue weighted by Crippen LogP contribution is -2.10. The molecule has 1 aromatic heterocycles. The molecule has 0 bridgehead atoms. The van der Waals surface area contributed by atoms with Gasteiger partial charge >= 0.3 is 0 Å². The van der Waals surface area contributed by atoms with Gasteiger partial charge in [-0.3, -0.25) is 0 Å². The third-order valence-electron chi connectivity index (χ3n) is 2.50. The molecule has 84 valence electrons. The summed E-state index contributed by atoms with van der Waals surface area (Å²) in [5, 5.41) is 1.79. The quantitative estimate of drug-likeness (QED) is 0.889. The summed E-state index contributed by atoms with van der Waals surface area (Å²) in [6.45, 7) is 3.96. The summed E-state index contributed by atoms with van der Waals surface area (Å²) in [6.07, 6.45) is 1.83. The molecule has 4 heteroatoms. The molecule has 1 heterocycles. The van der Waals surface area contributed by atoms with E-state index in [4.69, 9.17) is 17.3 Å². The summed E-state index contributed by atoms with van der Waals surface area (Å²) < 4.78 is 0. The number of benzene rings is 1. The Labute approximate surface area is 104 Å². The van der Waals surface area contributed by atoms with Crippen LogP contribution in [0.25, 0.3) is 0 Å². The SMILES string of the molecule is Cc1ncc(C(N)c2ccc(C)c(Cl)c2)s1. The van der Waals surface area contributed by atoms with Crippen LogP contribution in [0.15, 0.2) is 24.4 Å². The van der Waals surface area contributed by atoms with Crippen LogP contribution >= 0.6 is 22.9 Å². The second-order valence-corrected chi connectivity index (χ2v) is 5.44. The Bertz CT molecular complexity index is 507. The van der Waals surface area contributed by atoms with Crippen molar-refractivity contribution in [3.8, 4) is 0 Å². The highest BCUT2D eigenvalue weighted by atomic mass is 35.5. The van der Waals surface area contributed by atoms with Crippen molar-refractivity contribution in [2.45, 2.75) is 19.9 Å². The third-order valence-corrected chi connectivity index (χ3v) is 3.90. The summed E-state index contributed by atoms with van der Waals surface area (Å²) >= 11 is 7.70. The number of aromatic nitrogens is 1. The van der Waals surface area contributed by atoms with Crippen molar-refractivity contribution >= 4 is 22.9 Å². The minimum atomic E-state index is -0.135. The van der Waals surface area contributed by atoms with Crippen molar-refractivity contribution in [3.05, 3.63) is 50.4 Å². The molecule has 0 fully saturated rings. The first kappa shape index (κ1) is 11.6. The first-order valence-corrected chi connectivity index (χ1v) is 6.21. The molecule has 2 N–H and O–H groups in total. The van der Waals surface area contributed by atoms with Crippen LogP contribution in [0.1, 0.15) is 27.1 Å². The zero-order valence-corrected chi connectivity index (χ0v) is 10.8. The van der Waals surface area contributed by atoms with Crippen molar-refractivity contribution in [2.24, 2.45) is 5.73 Å². The Hall–Kier alpha value is -0.900. The highest BCUT2D eigenvalue weighted by molar-refractivity contribution is 7.11. The van der Waals surface area contributed by atoms with E-state index < -0.39 is 0 Å². The van der Waals surface area contributed by atoms with Crippen LogP contribution in [-0.2, 0) is 0 Å². The maximum absolute atomic E-state index is 6.16. The van der Waals surface area contributed by atoms with E-state index in [2.05, 4.69) is 4.98 Å². The standard InChI is InChI=1S/C12H13ClN2S/c1-7-3-4-9(5-10(7)13)12(14)11-6-15-8(2)16-11/h3-6,12H,14H2,1-2H3. The molecule has 16 heavy (non-hydrogen) atoms. The van der Waals surface area contributed by atoms with Gasteiger partial charge in [0.05, 0.1) is 11.0 Å². The molecule has 1 unspecified atom stereocenters. The number of hydrogen-bond acceptors (Lipinski definition) is 3. The van der Waals surface area contributed by atoms with E-state index in [-0.39, 0.29) is 6.04 Å². The number of rotatable bonds is 2. The van der Waals surface area contributed by atoms with Gasteiger partial charge in [0.1, 0.15) is 0 Å². The Balaban J connectivity index is 2.33. The van der Waals surface area contributed by atoms with Gasteiger partial charge in [0.25, 0.3) is 0 Å². The van der Waals surface area contributed by atoms with Gasteiger partial charge in [0.2, 0.25) is 0 Å². The molecule has 2 rings (SSSR count). The van der Waals surface area contributed by atoms with Crippen LogP contribution in [0.2, 0.25) is 5.02 Å². The smallest absolute Gasteiger partial charge is 0.0897 e. The monoisotopic (exact) mass is 252 g/mol. The van der Waals surface area contributed by atoms with E-state index in [0.717, 1.165) is 26.0 Å². The van der Waals surface area contributed by atoms with E-state index in [9.17, 15) is 0 Å². The minimum absolute atomic E-state index is 0.135. The molecule has 0 amide bonds. The van der Waals surface area contributed by atoms with Crippen LogP contribution in [0.5, 0.6) is 0 Å². The zero-order valence-electron chi connectivity index (χ0n) is 9.20. The molecule has 0 aliphatic rings. The molecule has 0 aliphatic carbocycles. The first-order valence-electron chi connectivity index (χ1n) is 5.02. The molecule has 2 aromatic rings. The maximum atomic E-state index is 6.16. The normalized spacial score (nSPS) is 12.8. The molecule has 1 atom stereocenters. The van der Waals surface area contributed by atoms with Crippen LogP contribution in [0, 0.1) is 13.8 Å². The van der Waals surface area contributed by atoms with E-state index in [1.807, 2.05) is 38.2 Å². The zero-order chi connectivity index (χ0) is 11.7. The molecule has 0 spiro atoms. The number of halogens is 1. The predicted octanol–water partition coefficient (Wildman–Crippen LogP) is 3.46. The second kappa shape index (κ2) is 4.53. The van der Waals surface area contributed by atoms with E-state index in [0.29, 0.717) is 0 Å². The van der Waals surface area contributed by atoms with Gasteiger partial charge in [-0.05, 0) is 31.0 Å². The lowest BCUT2D eigenvalue weighted by molar-refractivity contribution is 0.888. The van der Waals surface area contributed by atoms with Crippen LogP contribution in [0.4, 0.5) is 0 Å². The number of nitrogens with two attached hydrogens (primary N) is 1. The molecular formula is C12H13ClN2S. The number of hydrogen-bond donors (Lipinski definition) is 1. The maximum Gasteiger partial charge on any atom is 0.0897 e. The van der Waals surface area contributed by atoms with E-state index >= 15 is 0 Å². The number of aryl methyl sites for hydroxylation is 2. The van der Waals surface area contributed by atoms with Crippen molar-refractivity contribution in [2.75, 3.05) is 0 Å². The molecule has 2 nitrogen and oxygen atoms in total. The lowest BCUT2D eigenvalue weighted by atomic mass is 10.1. The number of nitrogens with zero attached hydrogens (tertiary/aromatic N) is 1. The largest absolute Gasteiger partial charge is 0.320 e. The van der Waals surface area contributed by atoms with Gasteiger partial charge in [-0.2, -0.15) is 0 Å². The molecular weight excluding hydrogens is 240 g/mol. The number of thiazole rings is 1. The first-order chi connectivity index (χ1) is 7.58. The van der Waals surface area contributed by atoms with Gasteiger partial charge < -0.3 is 5.73 Å². The van der Waals surface area contributed by atoms with Crippen LogP contribution in [0.3, 0.4) is 0 Å². The Morgan fingerprint density at radius 2 is 2.12 bits per heavy atom. The molecule has 1 aromatic carbocycles. The van der Waals surface area contributed by atoms with E-state index in [1.54, 1.807) is 11.3 Å². The molecule has 0 saturated carbocycles. The Morgan fingerprint density at radius 3 is 2.69 bits per heavy atom. The third kappa shape index (κ3) is 2.26. The van der Waals surface area contributed by atoms with Gasteiger partial charge in [0.15, 0.2) is 0 Å².